The molecule has 0 spiro atoms. The van der Waals surface area contributed by atoms with Crippen molar-refractivity contribution in [3.05, 3.63) is 44.9 Å². The predicted octanol–water partition coefficient (Wildman–Crippen LogP) is 1.38. The monoisotopic (exact) mass is 461 g/mol. The second-order valence-corrected chi connectivity index (χ2v) is 12.0. The number of thioether (sulfide) groups is 1. The van der Waals surface area contributed by atoms with Crippen molar-refractivity contribution in [2.75, 3.05) is 5.75 Å². The Morgan fingerprint density at radius 1 is 1.07 bits per heavy atom. The zero-order chi connectivity index (χ0) is 18.9. The normalized spacial score (nSPS) is 22.9. The summed E-state index contributed by atoms with van der Waals surface area (Å²) >= 11 is 4.51. The number of hydrogen-bond donors (Lipinski definition) is 0. The average molecular weight is 462 g/mol. The van der Waals surface area contributed by atoms with Gasteiger partial charge in [0.1, 0.15) is 0 Å². The average Bonchev–Trinajstić information content (AvgIpc) is 2.88. The van der Waals surface area contributed by atoms with Gasteiger partial charge >= 0.3 is 173 Å². The molecule has 0 aromatic carbocycles. The third-order valence-electron chi connectivity index (χ3n) is 5.20. The van der Waals surface area contributed by atoms with Gasteiger partial charge in [0.2, 0.25) is 0 Å². The molecule has 2 aliphatic rings. The van der Waals surface area contributed by atoms with Gasteiger partial charge in [0.25, 0.3) is 0 Å². The van der Waals surface area contributed by atoms with E-state index in [-0.39, 0.29) is 40.4 Å². The van der Waals surface area contributed by atoms with Crippen molar-refractivity contribution in [3.63, 3.8) is 0 Å². The second kappa shape index (κ2) is 10.6. The first kappa shape index (κ1) is 27.6. The number of allylic oxidation sites excluding steroid dienone is 7. The molecule has 2 rings (SSSR count). The molecule has 27 heavy (non-hydrogen) atoms. The van der Waals surface area contributed by atoms with Crippen LogP contribution in [0.4, 0.5) is 0 Å². The smallest absolute Gasteiger partial charge is 1.00 e. The Balaban J connectivity index is 0.00000338. The van der Waals surface area contributed by atoms with Crippen LogP contribution in [0.25, 0.3) is 0 Å². The van der Waals surface area contributed by atoms with Crippen molar-refractivity contribution >= 4 is 11.8 Å². The molecule has 0 saturated carbocycles. The summed E-state index contributed by atoms with van der Waals surface area (Å²) in [5.74, 6) is 1.24. The van der Waals surface area contributed by atoms with Crippen LogP contribution in [0, 0.1) is 10.8 Å². The summed E-state index contributed by atoms with van der Waals surface area (Å²) in [7, 11) is 0. The summed E-state index contributed by atoms with van der Waals surface area (Å²) in [4.78, 5) is 0. The fourth-order valence-electron chi connectivity index (χ4n) is 3.83. The van der Waals surface area contributed by atoms with Gasteiger partial charge in [-0.1, -0.05) is 0 Å². The summed E-state index contributed by atoms with van der Waals surface area (Å²) in [6, 6.07) is 0. The minimum absolute atomic E-state index is 0. The quantitative estimate of drug-likeness (QED) is 0.557. The Morgan fingerprint density at radius 2 is 1.70 bits per heavy atom. The molecule has 2 aliphatic carbocycles. The van der Waals surface area contributed by atoms with Gasteiger partial charge in [-0.3, -0.25) is 0 Å². The molecule has 1 unspecified atom stereocenters. The molecule has 0 bridgehead atoms. The molecule has 0 nitrogen and oxygen atoms in total. The maximum absolute atomic E-state index is 2.56. The predicted molar refractivity (Wildman–Crippen MR) is 111 cm³/mol. The molecule has 0 N–H and O–H groups in total. The van der Waals surface area contributed by atoms with E-state index in [2.05, 4.69) is 105 Å². The van der Waals surface area contributed by atoms with E-state index in [0.717, 1.165) is 12.8 Å². The molecule has 0 fully saturated rings. The minimum atomic E-state index is 0. The molecule has 0 amide bonds. The molecule has 151 valence electrons. The number of hydrogen-bond acceptors (Lipinski definition) is 1. The fraction of sp³-hybridized carbons (Fsp3) is 0.652. The zero-order valence-electron chi connectivity index (χ0n) is 18.0. The molecule has 1 atom stereocenters. The van der Waals surface area contributed by atoms with Gasteiger partial charge in [0.15, 0.2) is 0 Å². The van der Waals surface area contributed by atoms with Crippen LogP contribution in [-0.2, 0) is 20.4 Å². The SMILES string of the molecule is CCCSC1(CC2=[C]([Ti+2])CC=C2)CC=C(C(C)(C)C)C=C1C(C)(C)C.[Cl-].[Cl-]. The zero-order valence-corrected chi connectivity index (χ0v) is 21.9. The molecule has 0 aliphatic heterocycles. The van der Waals surface area contributed by atoms with Crippen LogP contribution >= 0.6 is 11.8 Å². The van der Waals surface area contributed by atoms with E-state index in [9.17, 15) is 0 Å². The van der Waals surface area contributed by atoms with Gasteiger partial charge in [0.05, 0.1) is 0 Å². The van der Waals surface area contributed by atoms with Gasteiger partial charge < -0.3 is 24.8 Å². The van der Waals surface area contributed by atoms with Crippen molar-refractivity contribution in [1.29, 1.82) is 0 Å². The van der Waals surface area contributed by atoms with Gasteiger partial charge in [-0.2, -0.15) is 0 Å². The summed E-state index contributed by atoms with van der Waals surface area (Å²) < 4.78 is 1.78. The largest absolute Gasteiger partial charge is 1.00 e. The van der Waals surface area contributed by atoms with Crippen LogP contribution in [0.5, 0.6) is 0 Å². The van der Waals surface area contributed by atoms with Crippen LogP contribution < -0.4 is 24.8 Å². The fourth-order valence-corrected chi connectivity index (χ4v) is 5.86. The van der Waals surface area contributed by atoms with E-state index < -0.39 is 0 Å². The van der Waals surface area contributed by atoms with Crippen molar-refractivity contribution < 1.29 is 45.2 Å². The Morgan fingerprint density at radius 3 is 2.15 bits per heavy atom. The molecular formula is C23H35Cl2STi. The second-order valence-electron chi connectivity index (χ2n) is 9.55. The van der Waals surface area contributed by atoms with Crippen LogP contribution in [0.2, 0.25) is 0 Å². The first-order chi connectivity index (χ1) is 11.5. The van der Waals surface area contributed by atoms with Crippen LogP contribution in [-0.4, -0.2) is 10.5 Å². The Kier molecular flexibility index (Phi) is 10.8. The van der Waals surface area contributed by atoms with E-state index in [4.69, 9.17) is 0 Å². The van der Waals surface area contributed by atoms with Crippen molar-refractivity contribution in [2.45, 2.75) is 78.9 Å². The summed E-state index contributed by atoms with van der Waals surface area (Å²) in [5, 5.41) is 0. The molecule has 0 heterocycles. The minimum Gasteiger partial charge on any atom is -1.00 e. The van der Waals surface area contributed by atoms with Crippen molar-refractivity contribution in [2.24, 2.45) is 10.8 Å². The Bertz CT molecular complexity index is 630. The molecule has 0 radical (unpaired) electrons. The molecular weight excluding hydrogens is 427 g/mol. The maximum Gasteiger partial charge on any atom is -1.00 e. The van der Waals surface area contributed by atoms with E-state index in [1.165, 1.54) is 24.2 Å². The summed E-state index contributed by atoms with van der Waals surface area (Å²) in [5.41, 5.74) is 5.15. The van der Waals surface area contributed by atoms with E-state index in [1.54, 1.807) is 15.0 Å². The number of halogens is 2. The maximum atomic E-state index is 2.56. The molecule has 0 aromatic heterocycles. The van der Waals surface area contributed by atoms with Gasteiger partial charge in [0, 0.05) is 0 Å². The first-order valence-electron chi connectivity index (χ1n) is 9.67. The van der Waals surface area contributed by atoms with E-state index >= 15 is 0 Å². The standard InChI is InChI=1S/C23H35S.2ClH.Ti/c1-8-15-24-23(17-18-11-9-10-12-18)14-13-19(21(2,3)4)16-20(23)22(5,6)7;;;/h9,11,13,16H,8,10,14-15,17H2,1-7H3;2*1H;/q;;;+2/p-2. The molecule has 0 saturated heterocycles. The number of rotatable bonds is 5. The molecule has 4 heteroatoms. The third-order valence-corrected chi connectivity index (χ3v) is 7.72. The van der Waals surface area contributed by atoms with Gasteiger partial charge in [-0.05, 0) is 0 Å². The van der Waals surface area contributed by atoms with Crippen LogP contribution in [0.15, 0.2) is 44.9 Å². The van der Waals surface area contributed by atoms with Crippen molar-refractivity contribution in [1.82, 2.24) is 0 Å². The first-order valence-corrected chi connectivity index (χ1v) is 11.4. The van der Waals surface area contributed by atoms with Gasteiger partial charge in [-0.15, -0.1) is 0 Å². The van der Waals surface area contributed by atoms with Crippen LogP contribution in [0.3, 0.4) is 0 Å². The van der Waals surface area contributed by atoms with Crippen molar-refractivity contribution in [3.8, 4) is 0 Å². The van der Waals surface area contributed by atoms with Gasteiger partial charge in [-0.25, -0.2) is 0 Å². The summed E-state index contributed by atoms with van der Waals surface area (Å²) in [6.07, 6.45) is 14.5. The Hall–Kier alpha value is 0.604. The summed E-state index contributed by atoms with van der Waals surface area (Å²) in [6.45, 7) is 16.5. The molecule has 0 aromatic rings. The third kappa shape index (κ3) is 6.82. The van der Waals surface area contributed by atoms with Crippen LogP contribution in [0.1, 0.15) is 74.1 Å². The Labute approximate surface area is 196 Å². The topological polar surface area (TPSA) is 0 Å². The van der Waals surface area contributed by atoms with E-state index in [1.807, 2.05) is 0 Å². The van der Waals surface area contributed by atoms with E-state index in [0.29, 0.717) is 0 Å².